The van der Waals surface area contributed by atoms with Crippen LogP contribution in [0.3, 0.4) is 0 Å². The van der Waals surface area contributed by atoms with Crippen molar-refractivity contribution in [2.45, 2.75) is 12.8 Å². The van der Waals surface area contributed by atoms with Gasteiger partial charge >= 0.3 is 0 Å². The molecule has 2 N–H and O–H groups in total. The quantitative estimate of drug-likeness (QED) is 0.337. The average molecular weight is 346 g/mol. The highest BCUT2D eigenvalue weighted by Gasteiger charge is 2.24. The number of hydrogen-bond donors (Lipinski definition) is 2. The van der Waals surface area contributed by atoms with Crippen LogP contribution in [0.15, 0.2) is 35.0 Å². The molecule has 1 saturated heterocycles. The molecule has 0 aromatic carbocycles. The van der Waals surface area contributed by atoms with Gasteiger partial charge in [0.2, 0.25) is 0 Å². The SMILES string of the molecule is O=C1NC(=S)SC1=C1C=CN(CCCCS(=O)(=O)O)C=C1. The maximum atomic E-state index is 11.6. The zero-order valence-electron chi connectivity index (χ0n) is 11.0. The van der Waals surface area contributed by atoms with Crippen LogP contribution in [0, 0.1) is 0 Å². The van der Waals surface area contributed by atoms with Crippen LogP contribution in [-0.4, -0.2) is 40.4 Å². The van der Waals surface area contributed by atoms with Gasteiger partial charge in [-0.2, -0.15) is 8.42 Å². The summed E-state index contributed by atoms with van der Waals surface area (Å²) in [5.41, 5.74) is 0.798. The Hall–Kier alpha value is -1.16. The minimum Gasteiger partial charge on any atom is -0.354 e. The summed E-state index contributed by atoms with van der Waals surface area (Å²) >= 11 is 6.18. The van der Waals surface area contributed by atoms with Gasteiger partial charge in [-0.05, 0) is 30.6 Å². The first kappa shape index (κ1) is 16.2. The zero-order chi connectivity index (χ0) is 15.5. The van der Waals surface area contributed by atoms with Crippen molar-refractivity contribution < 1.29 is 17.8 Å². The molecule has 2 aliphatic heterocycles. The lowest BCUT2D eigenvalue weighted by Gasteiger charge is -2.18. The summed E-state index contributed by atoms with van der Waals surface area (Å²) in [6, 6.07) is 0. The first-order valence-corrected chi connectivity index (χ1v) is 9.03. The third kappa shape index (κ3) is 4.95. The number of thiocarbonyl (C=S) groups is 1. The molecule has 114 valence electrons. The summed E-state index contributed by atoms with van der Waals surface area (Å²) in [6.07, 6.45) is 8.32. The number of carbonyl (C=O) groups is 1. The summed E-state index contributed by atoms with van der Waals surface area (Å²) in [4.78, 5) is 14.1. The number of nitrogens with zero attached hydrogens (tertiary/aromatic N) is 1. The number of hydrogen-bond acceptors (Lipinski definition) is 6. The highest BCUT2D eigenvalue weighted by Crippen LogP contribution is 2.29. The van der Waals surface area contributed by atoms with Crippen LogP contribution < -0.4 is 5.32 Å². The summed E-state index contributed by atoms with van der Waals surface area (Å²) in [7, 11) is -3.88. The van der Waals surface area contributed by atoms with E-state index in [1.165, 1.54) is 11.8 Å². The largest absolute Gasteiger partial charge is 0.354 e. The lowest BCUT2D eigenvalue weighted by Crippen LogP contribution is -2.19. The van der Waals surface area contributed by atoms with Crippen molar-refractivity contribution in [3.63, 3.8) is 0 Å². The van der Waals surface area contributed by atoms with Gasteiger partial charge in [-0.25, -0.2) is 0 Å². The highest BCUT2D eigenvalue weighted by molar-refractivity contribution is 8.26. The summed E-state index contributed by atoms with van der Waals surface area (Å²) in [6.45, 7) is 0.642. The van der Waals surface area contributed by atoms with Crippen LogP contribution in [0.5, 0.6) is 0 Å². The number of rotatable bonds is 5. The lowest BCUT2D eigenvalue weighted by atomic mass is 10.2. The number of amides is 1. The van der Waals surface area contributed by atoms with Gasteiger partial charge in [0, 0.05) is 18.9 Å². The van der Waals surface area contributed by atoms with Crippen LogP contribution in [-0.2, 0) is 14.9 Å². The molecule has 0 aromatic rings. The van der Waals surface area contributed by atoms with Crippen molar-refractivity contribution in [2.75, 3.05) is 12.3 Å². The minimum atomic E-state index is -3.88. The normalized spacial score (nSPS) is 18.6. The van der Waals surface area contributed by atoms with Gasteiger partial charge in [-0.3, -0.25) is 9.35 Å². The van der Waals surface area contributed by atoms with Crippen LogP contribution in [0.2, 0.25) is 0 Å². The lowest BCUT2D eigenvalue weighted by molar-refractivity contribution is -0.115. The molecule has 21 heavy (non-hydrogen) atoms. The predicted molar refractivity (Wildman–Crippen MR) is 86.0 cm³/mol. The van der Waals surface area contributed by atoms with Crippen molar-refractivity contribution in [1.29, 1.82) is 0 Å². The standard InChI is InChI=1S/C12H14N2O4S3/c15-11-10(20-12(19)13-11)9-3-6-14(7-4-9)5-1-2-8-21(16,17)18/h3-4,6-7H,1-2,5,8H2,(H,13,15,19)(H,16,17,18). The van der Waals surface area contributed by atoms with Gasteiger partial charge in [0.1, 0.15) is 4.32 Å². The first-order valence-electron chi connectivity index (χ1n) is 6.20. The van der Waals surface area contributed by atoms with Crippen LogP contribution in [0.4, 0.5) is 0 Å². The van der Waals surface area contributed by atoms with Crippen molar-refractivity contribution in [3.05, 3.63) is 35.0 Å². The molecule has 1 amide bonds. The van der Waals surface area contributed by atoms with Crippen molar-refractivity contribution in [3.8, 4) is 0 Å². The molecule has 0 spiro atoms. The van der Waals surface area contributed by atoms with Gasteiger partial charge in [0.05, 0.1) is 10.7 Å². The van der Waals surface area contributed by atoms with Crippen molar-refractivity contribution in [1.82, 2.24) is 10.2 Å². The predicted octanol–water partition coefficient (Wildman–Crippen LogP) is 1.40. The van der Waals surface area contributed by atoms with Gasteiger partial charge in [-0.1, -0.05) is 24.0 Å². The second kappa shape index (κ2) is 6.73. The van der Waals surface area contributed by atoms with Crippen molar-refractivity contribution >= 4 is 44.3 Å². The summed E-state index contributed by atoms with van der Waals surface area (Å²) < 4.78 is 30.3. The Bertz CT molecular complexity index is 633. The number of unbranched alkanes of at least 4 members (excludes halogenated alkanes) is 1. The maximum absolute atomic E-state index is 11.6. The average Bonchev–Trinajstić information content (AvgIpc) is 2.73. The van der Waals surface area contributed by atoms with E-state index in [1.54, 1.807) is 0 Å². The molecule has 0 bridgehead atoms. The molecule has 0 atom stereocenters. The van der Waals surface area contributed by atoms with Crippen LogP contribution >= 0.6 is 24.0 Å². The van der Waals surface area contributed by atoms with Gasteiger partial charge in [0.15, 0.2) is 0 Å². The van der Waals surface area contributed by atoms with Crippen LogP contribution in [0.25, 0.3) is 0 Å². The van der Waals surface area contributed by atoms with E-state index in [1.807, 2.05) is 29.5 Å². The maximum Gasteiger partial charge on any atom is 0.264 e. The summed E-state index contributed by atoms with van der Waals surface area (Å²) in [5, 5.41) is 2.57. The van der Waals surface area contributed by atoms with E-state index in [2.05, 4.69) is 5.32 Å². The van der Waals surface area contributed by atoms with Crippen molar-refractivity contribution in [2.24, 2.45) is 0 Å². The first-order chi connectivity index (χ1) is 9.85. The van der Waals surface area contributed by atoms with Gasteiger partial charge in [0.25, 0.3) is 16.0 Å². The summed E-state index contributed by atoms with van der Waals surface area (Å²) in [5.74, 6) is -0.409. The topological polar surface area (TPSA) is 86.7 Å². The fourth-order valence-electron chi connectivity index (χ4n) is 1.84. The number of nitrogens with one attached hydrogen (secondary N) is 1. The molecule has 0 aromatic heterocycles. The Morgan fingerprint density at radius 2 is 1.95 bits per heavy atom. The third-order valence-electron chi connectivity index (χ3n) is 2.84. The Kier molecular flexibility index (Phi) is 5.20. The Labute approximate surface area is 132 Å². The molecule has 2 aliphatic rings. The van der Waals surface area contributed by atoms with E-state index < -0.39 is 10.1 Å². The van der Waals surface area contributed by atoms with Gasteiger partial charge < -0.3 is 10.2 Å². The molecule has 0 aliphatic carbocycles. The Morgan fingerprint density at radius 1 is 1.29 bits per heavy atom. The molecule has 0 saturated carbocycles. The Morgan fingerprint density at radius 3 is 2.48 bits per heavy atom. The molecular formula is C12H14N2O4S3. The van der Waals surface area contributed by atoms with E-state index in [0.717, 1.165) is 5.57 Å². The molecule has 9 heteroatoms. The Balaban J connectivity index is 1.86. The van der Waals surface area contributed by atoms with E-state index in [-0.39, 0.29) is 11.7 Å². The molecule has 1 fully saturated rings. The second-order valence-corrected chi connectivity index (χ2v) is 7.75. The zero-order valence-corrected chi connectivity index (χ0v) is 13.4. The number of allylic oxidation sites excluding steroid dienone is 3. The van der Waals surface area contributed by atoms with E-state index >= 15 is 0 Å². The smallest absolute Gasteiger partial charge is 0.264 e. The fourth-order valence-corrected chi connectivity index (χ4v) is 3.48. The highest BCUT2D eigenvalue weighted by atomic mass is 32.2. The number of thioether (sulfide) groups is 1. The molecular weight excluding hydrogens is 332 g/mol. The minimum absolute atomic E-state index is 0.184. The van der Waals surface area contributed by atoms with E-state index in [0.29, 0.717) is 28.6 Å². The second-order valence-electron chi connectivity index (χ2n) is 4.49. The number of carbonyl (C=O) groups excluding carboxylic acids is 1. The molecule has 2 rings (SSSR count). The fraction of sp³-hybridized carbons (Fsp3) is 0.333. The van der Waals surface area contributed by atoms with E-state index in [9.17, 15) is 13.2 Å². The van der Waals surface area contributed by atoms with Crippen LogP contribution in [0.1, 0.15) is 12.8 Å². The van der Waals surface area contributed by atoms with Gasteiger partial charge in [-0.15, -0.1) is 0 Å². The third-order valence-corrected chi connectivity index (χ3v) is 4.91. The van der Waals surface area contributed by atoms with E-state index in [4.69, 9.17) is 16.8 Å². The molecule has 0 unspecified atom stereocenters. The molecule has 0 radical (unpaired) electrons. The molecule has 6 nitrogen and oxygen atoms in total. The monoisotopic (exact) mass is 346 g/mol. The molecule has 2 heterocycles.